The van der Waals surface area contributed by atoms with Crippen molar-refractivity contribution in [2.75, 3.05) is 10.6 Å². The minimum atomic E-state index is -0.350. The normalized spacial score (nSPS) is 11.9. The monoisotopic (exact) mass is 553 g/mol. The van der Waals surface area contributed by atoms with Crippen LogP contribution in [0.25, 0.3) is 17.3 Å². The molecule has 0 saturated carbocycles. The SMILES string of the molecule is CC(Sc1ccc(NC(=O)/C=C/c2ccccc2)cc1)C(=O)Nc1nc(-c2ccc(Cl)c(Cl)c2)cs1. The lowest BCUT2D eigenvalue weighted by molar-refractivity contribution is -0.115. The second-order valence-corrected chi connectivity index (χ2v) is 10.8. The fraction of sp³-hybridized carbons (Fsp3) is 0.0741. The molecule has 0 saturated heterocycles. The molecule has 2 N–H and O–H groups in total. The number of carbonyl (C=O) groups excluding carboxylic acids is 2. The van der Waals surface area contributed by atoms with Crippen LogP contribution in [0.3, 0.4) is 0 Å². The van der Waals surface area contributed by atoms with Crippen LogP contribution in [0.1, 0.15) is 12.5 Å². The van der Waals surface area contributed by atoms with Crippen molar-refractivity contribution in [2.45, 2.75) is 17.1 Å². The molecule has 0 aliphatic heterocycles. The molecule has 0 fully saturated rings. The average molecular weight is 555 g/mol. The Kier molecular flexibility index (Phi) is 8.83. The molecule has 1 heterocycles. The molecule has 1 atom stereocenters. The number of benzene rings is 3. The number of anilines is 2. The lowest BCUT2D eigenvalue weighted by Gasteiger charge is -2.11. The minimum Gasteiger partial charge on any atom is -0.323 e. The number of amides is 2. The summed E-state index contributed by atoms with van der Waals surface area (Å²) in [7, 11) is 0. The summed E-state index contributed by atoms with van der Waals surface area (Å²) in [6.07, 6.45) is 3.26. The Hall–Kier alpha value is -3.10. The van der Waals surface area contributed by atoms with Crippen LogP contribution in [-0.4, -0.2) is 22.0 Å². The second kappa shape index (κ2) is 12.2. The summed E-state index contributed by atoms with van der Waals surface area (Å²) in [5, 5.41) is 8.64. The molecule has 4 aromatic rings. The zero-order valence-corrected chi connectivity index (χ0v) is 22.2. The summed E-state index contributed by atoms with van der Waals surface area (Å²) in [5.74, 6) is -0.367. The molecular formula is C27H21Cl2N3O2S2. The number of rotatable bonds is 8. The number of halogens is 2. The number of aromatic nitrogens is 1. The van der Waals surface area contributed by atoms with Crippen molar-refractivity contribution in [1.82, 2.24) is 4.98 Å². The van der Waals surface area contributed by atoms with Crippen LogP contribution in [0.4, 0.5) is 10.8 Å². The maximum atomic E-state index is 12.7. The van der Waals surface area contributed by atoms with Crippen molar-refractivity contribution in [1.29, 1.82) is 0 Å². The number of hydrogen-bond donors (Lipinski definition) is 2. The zero-order valence-electron chi connectivity index (χ0n) is 19.1. The van der Waals surface area contributed by atoms with Gasteiger partial charge < -0.3 is 10.6 Å². The largest absolute Gasteiger partial charge is 0.323 e. The van der Waals surface area contributed by atoms with E-state index in [1.807, 2.05) is 73.0 Å². The van der Waals surface area contributed by atoms with E-state index in [1.165, 1.54) is 29.2 Å². The van der Waals surface area contributed by atoms with Crippen LogP contribution in [0.5, 0.6) is 0 Å². The Bertz CT molecular complexity index is 1390. The smallest absolute Gasteiger partial charge is 0.248 e. The third-order valence-corrected chi connectivity index (χ3v) is 7.59. The standard InChI is InChI=1S/C27H21Cl2N3O2S2/c1-17(26(34)32-27-31-24(16-35-27)19-8-13-22(28)23(29)15-19)36-21-11-9-20(10-12-21)30-25(33)14-7-18-5-3-2-4-6-18/h2-17H,1H3,(H,30,33)(H,31,32,34)/b14-7+. The van der Waals surface area contributed by atoms with Gasteiger partial charge in [0.15, 0.2) is 5.13 Å². The van der Waals surface area contributed by atoms with Gasteiger partial charge in [0.25, 0.3) is 0 Å². The van der Waals surface area contributed by atoms with Crippen molar-refractivity contribution in [3.8, 4) is 11.3 Å². The van der Waals surface area contributed by atoms with E-state index in [1.54, 1.807) is 18.2 Å². The van der Waals surface area contributed by atoms with Crippen molar-refractivity contribution in [2.24, 2.45) is 0 Å². The van der Waals surface area contributed by atoms with Gasteiger partial charge in [-0.05, 0) is 55.0 Å². The summed E-state index contributed by atoms with van der Waals surface area (Å²) in [4.78, 5) is 30.2. The molecule has 5 nitrogen and oxygen atoms in total. The van der Waals surface area contributed by atoms with Crippen LogP contribution in [0.2, 0.25) is 10.0 Å². The molecule has 0 spiro atoms. The molecule has 3 aromatic carbocycles. The zero-order chi connectivity index (χ0) is 25.5. The van der Waals surface area contributed by atoms with Gasteiger partial charge >= 0.3 is 0 Å². The van der Waals surface area contributed by atoms with Crippen LogP contribution >= 0.6 is 46.3 Å². The van der Waals surface area contributed by atoms with Gasteiger partial charge in [0, 0.05) is 27.6 Å². The van der Waals surface area contributed by atoms with Gasteiger partial charge in [-0.2, -0.15) is 0 Å². The number of nitrogens with one attached hydrogen (secondary N) is 2. The van der Waals surface area contributed by atoms with Gasteiger partial charge in [0.05, 0.1) is 21.0 Å². The van der Waals surface area contributed by atoms with Gasteiger partial charge in [-0.15, -0.1) is 23.1 Å². The molecule has 1 unspecified atom stereocenters. The molecule has 0 bridgehead atoms. The lowest BCUT2D eigenvalue weighted by atomic mass is 10.2. The Balaban J connectivity index is 1.29. The second-order valence-electron chi connectivity index (χ2n) is 7.67. The fourth-order valence-electron chi connectivity index (χ4n) is 3.12. The quantitative estimate of drug-likeness (QED) is 0.172. The topological polar surface area (TPSA) is 71.1 Å². The number of thiazole rings is 1. The highest BCUT2D eigenvalue weighted by Crippen LogP contribution is 2.31. The van der Waals surface area contributed by atoms with Crippen LogP contribution in [0, 0.1) is 0 Å². The third kappa shape index (κ3) is 7.21. The number of thioether (sulfide) groups is 1. The first-order valence-electron chi connectivity index (χ1n) is 10.9. The van der Waals surface area contributed by atoms with Crippen LogP contribution in [0.15, 0.2) is 89.1 Å². The molecule has 36 heavy (non-hydrogen) atoms. The molecule has 0 radical (unpaired) electrons. The Morgan fingerprint density at radius 2 is 1.72 bits per heavy atom. The molecule has 9 heteroatoms. The first kappa shape index (κ1) is 26.0. The average Bonchev–Trinajstić information content (AvgIpc) is 3.34. The van der Waals surface area contributed by atoms with E-state index < -0.39 is 0 Å². The van der Waals surface area contributed by atoms with E-state index in [2.05, 4.69) is 15.6 Å². The van der Waals surface area contributed by atoms with E-state index in [0.717, 1.165) is 16.0 Å². The molecule has 1 aromatic heterocycles. The van der Waals surface area contributed by atoms with E-state index in [0.29, 0.717) is 26.6 Å². The van der Waals surface area contributed by atoms with E-state index >= 15 is 0 Å². The summed E-state index contributed by atoms with van der Waals surface area (Å²) < 4.78 is 0. The summed E-state index contributed by atoms with van der Waals surface area (Å²) >= 11 is 14.8. The maximum absolute atomic E-state index is 12.7. The molecule has 0 aliphatic rings. The number of hydrogen-bond acceptors (Lipinski definition) is 5. The molecule has 2 amide bonds. The maximum Gasteiger partial charge on any atom is 0.248 e. The Morgan fingerprint density at radius 3 is 2.44 bits per heavy atom. The van der Waals surface area contributed by atoms with E-state index in [-0.39, 0.29) is 17.1 Å². The molecular weight excluding hydrogens is 533 g/mol. The number of nitrogens with zero attached hydrogens (tertiary/aromatic N) is 1. The lowest BCUT2D eigenvalue weighted by Crippen LogP contribution is -2.22. The molecule has 4 rings (SSSR count). The first-order chi connectivity index (χ1) is 17.4. The van der Waals surface area contributed by atoms with Gasteiger partial charge in [0.2, 0.25) is 11.8 Å². The minimum absolute atomic E-state index is 0.154. The highest BCUT2D eigenvalue weighted by Gasteiger charge is 2.17. The predicted molar refractivity (Wildman–Crippen MR) is 152 cm³/mol. The number of carbonyl (C=O) groups is 2. The Morgan fingerprint density at radius 1 is 0.972 bits per heavy atom. The van der Waals surface area contributed by atoms with E-state index in [9.17, 15) is 9.59 Å². The van der Waals surface area contributed by atoms with Gasteiger partial charge in [-0.25, -0.2) is 4.98 Å². The van der Waals surface area contributed by atoms with Gasteiger partial charge in [-0.1, -0.05) is 59.6 Å². The van der Waals surface area contributed by atoms with Gasteiger partial charge in [0.1, 0.15) is 0 Å². The Labute approximate surface area is 227 Å². The first-order valence-corrected chi connectivity index (χ1v) is 13.4. The van der Waals surface area contributed by atoms with Crippen LogP contribution in [-0.2, 0) is 9.59 Å². The van der Waals surface area contributed by atoms with Crippen molar-refractivity contribution >= 4 is 75.0 Å². The summed E-state index contributed by atoms with van der Waals surface area (Å²) in [6, 6.07) is 22.3. The van der Waals surface area contributed by atoms with Crippen LogP contribution < -0.4 is 10.6 Å². The van der Waals surface area contributed by atoms with Crippen molar-refractivity contribution in [3.05, 3.63) is 99.9 Å². The summed E-state index contributed by atoms with van der Waals surface area (Å²) in [5.41, 5.74) is 3.17. The summed E-state index contributed by atoms with van der Waals surface area (Å²) in [6.45, 7) is 1.83. The van der Waals surface area contributed by atoms with Crippen molar-refractivity contribution < 1.29 is 9.59 Å². The highest BCUT2D eigenvalue weighted by atomic mass is 35.5. The van der Waals surface area contributed by atoms with E-state index in [4.69, 9.17) is 23.2 Å². The van der Waals surface area contributed by atoms with Gasteiger partial charge in [-0.3, -0.25) is 9.59 Å². The third-order valence-electron chi connectivity index (χ3n) is 4.98. The van der Waals surface area contributed by atoms with Crippen molar-refractivity contribution in [3.63, 3.8) is 0 Å². The molecule has 0 aliphatic carbocycles. The molecule has 182 valence electrons. The fourth-order valence-corrected chi connectivity index (χ4v) is 5.01. The predicted octanol–water partition coefficient (Wildman–Crippen LogP) is 7.89. The highest BCUT2D eigenvalue weighted by molar-refractivity contribution is 8.00.